The Bertz CT molecular complexity index is 321. The quantitative estimate of drug-likeness (QED) is 0.819. The number of rotatable bonds is 6. The van der Waals surface area contributed by atoms with Crippen molar-refractivity contribution >= 4 is 0 Å². The minimum Gasteiger partial charge on any atom is -0.329 e. The maximum atomic E-state index is 5.99. The van der Waals surface area contributed by atoms with Crippen molar-refractivity contribution in [2.45, 2.75) is 32.7 Å². The summed E-state index contributed by atoms with van der Waals surface area (Å²) in [6, 6.07) is 10.6. The first-order chi connectivity index (χ1) is 7.98. The van der Waals surface area contributed by atoms with Crippen LogP contribution in [-0.4, -0.2) is 30.6 Å². The summed E-state index contributed by atoms with van der Waals surface area (Å²) in [6.07, 6.45) is 1.01. The van der Waals surface area contributed by atoms with E-state index in [1.54, 1.807) is 0 Å². The molecule has 0 radical (unpaired) electrons. The van der Waals surface area contributed by atoms with Gasteiger partial charge in [-0.05, 0) is 31.9 Å². The van der Waals surface area contributed by atoms with E-state index in [0.29, 0.717) is 12.5 Å². The molecule has 1 atom stereocenters. The van der Waals surface area contributed by atoms with Gasteiger partial charge in [-0.1, -0.05) is 44.2 Å². The van der Waals surface area contributed by atoms with E-state index in [-0.39, 0.29) is 5.54 Å². The number of likely N-dealkylation sites (N-methyl/N-ethyl adjacent to an activating group) is 1. The summed E-state index contributed by atoms with van der Waals surface area (Å²) in [5.74, 6) is 0.668. The summed E-state index contributed by atoms with van der Waals surface area (Å²) >= 11 is 0. The van der Waals surface area contributed by atoms with Crippen molar-refractivity contribution in [2.75, 3.05) is 20.1 Å². The molecule has 2 N–H and O–H groups in total. The molecule has 17 heavy (non-hydrogen) atoms. The van der Waals surface area contributed by atoms with Gasteiger partial charge in [-0.25, -0.2) is 0 Å². The molecule has 1 rings (SSSR count). The van der Waals surface area contributed by atoms with Crippen LogP contribution in [0.1, 0.15) is 26.3 Å². The van der Waals surface area contributed by atoms with Gasteiger partial charge in [0.05, 0.1) is 0 Å². The number of benzene rings is 1. The number of hydrogen-bond acceptors (Lipinski definition) is 2. The van der Waals surface area contributed by atoms with E-state index in [1.165, 1.54) is 5.56 Å². The molecule has 1 aromatic rings. The standard InChI is InChI=1S/C15H26N2/c1-13(2)11-17(4)15(3,12-16)10-14-8-6-5-7-9-14/h5-9,13H,10-12,16H2,1-4H3. The molecule has 0 saturated carbocycles. The number of nitrogens with two attached hydrogens (primary N) is 1. The molecule has 0 spiro atoms. The van der Waals surface area contributed by atoms with E-state index in [4.69, 9.17) is 5.73 Å². The number of hydrogen-bond donors (Lipinski definition) is 1. The zero-order valence-corrected chi connectivity index (χ0v) is 11.6. The Morgan fingerprint density at radius 1 is 1.24 bits per heavy atom. The Labute approximate surface area is 106 Å². The average Bonchev–Trinajstić information content (AvgIpc) is 2.29. The predicted molar refractivity (Wildman–Crippen MR) is 75.1 cm³/mol. The maximum Gasteiger partial charge on any atom is 0.0340 e. The molecule has 0 amide bonds. The fraction of sp³-hybridized carbons (Fsp3) is 0.600. The summed E-state index contributed by atoms with van der Waals surface area (Å²) in [5, 5.41) is 0. The van der Waals surface area contributed by atoms with E-state index in [1.807, 2.05) is 0 Å². The third kappa shape index (κ3) is 4.14. The van der Waals surface area contributed by atoms with Gasteiger partial charge in [-0.3, -0.25) is 4.90 Å². The van der Waals surface area contributed by atoms with Gasteiger partial charge in [0.2, 0.25) is 0 Å². The molecule has 0 aromatic heterocycles. The summed E-state index contributed by atoms with van der Waals surface area (Å²) in [6.45, 7) is 8.51. The van der Waals surface area contributed by atoms with Crippen LogP contribution in [0.5, 0.6) is 0 Å². The van der Waals surface area contributed by atoms with Crippen LogP contribution >= 0.6 is 0 Å². The number of nitrogens with zero attached hydrogens (tertiary/aromatic N) is 1. The summed E-state index contributed by atoms with van der Waals surface area (Å²) in [5.41, 5.74) is 7.39. The Hall–Kier alpha value is -0.860. The zero-order chi connectivity index (χ0) is 12.9. The van der Waals surface area contributed by atoms with Crippen LogP contribution in [0.4, 0.5) is 0 Å². The lowest BCUT2D eigenvalue weighted by molar-refractivity contribution is 0.128. The molecule has 1 aromatic carbocycles. The molecule has 0 saturated heterocycles. The second kappa shape index (κ2) is 6.18. The average molecular weight is 234 g/mol. The van der Waals surface area contributed by atoms with Gasteiger partial charge in [0.1, 0.15) is 0 Å². The fourth-order valence-electron chi connectivity index (χ4n) is 2.17. The van der Waals surface area contributed by atoms with E-state index in [0.717, 1.165) is 13.0 Å². The second-order valence-electron chi connectivity index (χ2n) is 5.64. The minimum absolute atomic E-state index is 0.0472. The molecular formula is C15H26N2. The van der Waals surface area contributed by atoms with Crippen molar-refractivity contribution in [1.29, 1.82) is 0 Å². The molecule has 2 heteroatoms. The smallest absolute Gasteiger partial charge is 0.0340 e. The lowest BCUT2D eigenvalue weighted by atomic mass is 9.90. The molecular weight excluding hydrogens is 208 g/mol. The molecule has 2 nitrogen and oxygen atoms in total. The third-order valence-electron chi connectivity index (χ3n) is 3.43. The lowest BCUT2D eigenvalue weighted by Crippen LogP contribution is -2.52. The molecule has 96 valence electrons. The lowest BCUT2D eigenvalue weighted by Gasteiger charge is -2.39. The largest absolute Gasteiger partial charge is 0.329 e. The molecule has 0 aliphatic heterocycles. The van der Waals surface area contributed by atoms with Crippen LogP contribution in [0.3, 0.4) is 0 Å². The van der Waals surface area contributed by atoms with E-state index >= 15 is 0 Å². The first-order valence-corrected chi connectivity index (χ1v) is 6.43. The van der Waals surface area contributed by atoms with Gasteiger partial charge < -0.3 is 5.73 Å². The van der Waals surface area contributed by atoms with E-state index < -0.39 is 0 Å². The molecule has 0 heterocycles. The second-order valence-corrected chi connectivity index (χ2v) is 5.64. The summed E-state index contributed by atoms with van der Waals surface area (Å²) in [4.78, 5) is 2.39. The predicted octanol–water partition coefficient (Wildman–Crippen LogP) is 2.53. The molecule has 1 unspecified atom stereocenters. The Morgan fingerprint density at radius 2 is 1.82 bits per heavy atom. The van der Waals surface area contributed by atoms with Crippen LogP contribution in [0.2, 0.25) is 0 Å². The van der Waals surface area contributed by atoms with Crippen LogP contribution in [-0.2, 0) is 6.42 Å². The van der Waals surface area contributed by atoms with Crippen molar-refractivity contribution in [3.05, 3.63) is 35.9 Å². The molecule has 0 bridgehead atoms. The highest BCUT2D eigenvalue weighted by Crippen LogP contribution is 2.19. The molecule has 0 aliphatic rings. The van der Waals surface area contributed by atoms with Crippen molar-refractivity contribution < 1.29 is 0 Å². The van der Waals surface area contributed by atoms with Gasteiger partial charge in [-0.2, -0.15) is 0 Å². The van der Waals surface area contributed by atoms with Gasteiger partial charge in [-0.15, -0.1) is 0 Å². The monoisotopic (exact) mass is 234 g/mol. The zero-order valence-electron chi connectivity index (χ0n) is 11.6. The van der Waals surface area contributed by atoms with Crippen molar-refractivity contribution in [1.82, 2.24) is 4.90 Å². The van der Waals surface area contributed by atoms with E-state index in [2.05, 4.69) is 63.1 Å². The SMILES string of the molecule is CC(C)CN(C)C(C)(CN)Cc1ccccc1. The van der Waals surface area contributed by atoms with Gasteiger partial charge in [0, 0.05) is 18.6 Å². The summed E-state index contributed by atoms with van der Waals surface area (Å²) in [7, 11) is 2.18. The van der Waals surface area contributed by atoms with Crippen molar-refractivity contribution in [3.63, 3.8) is 0 Å². The minimum atomic E-state index is 0.0472. The third-order valence-corrected chi connectivity index (χ3v) is 3.43. The topological polar surface area (TPSA) is 29.3 Å². The Morgan fingerprint density at radius 3 is 2.29 bits per heavy atom. The summed E-state index contributed by atoms with van der Waals surface area (Å²) < 4.78 is 0. The normalized spacial score (nSPS) is 15.2. The highest BCUT2D eigenvalue weighted by Gasteiger charge is 2.28. The van der Waals surface area contributed by atoms with Gasteiger partial charge >= 0.3 is 0 Å². The molecule has 0 fully saturated rings. The van der Waals surface area contributed by atoms with Crippen LogP contribution < -0.4 is 5.73 Å². The first-order valence-electron chi connectivity index (χ1n) is 6.43. The van der Waals surface area contributed by atoms with Crippen molar-refractivity contribution in [2.24, 2.45) is 11.7 Å². The Balaban J connectivity index is 2.74. The van der Waals surface area contributed by atoms with Crippen molar-refractivity contribution in [3.8, 4) is 0 Å². The highest BCUT2D eigenvalue weighted by atomic mass is 15.2. The van der Waals surface area contributed by atoms with Gasteiger partial charge in [0.15, 0.2) is 0 Å². The van der Waals surface area contributed by atoms with Crippen LogP contribution in [0.15, 0.2) is 30.3 Å². The first kappa shape index (κ1) is 14.2. The van der Waals surface area contributed by atoms with Crippen LogP contribution in [0, 0.1) is 5.92 Å². The maximum absolute atomic E-state index is 5.99. The van der Waals surface area contributed by atoms with Crippen LogP contribution in [0.25, 0.3) is 0 Å². The van der Waals surface area contributed by atoms with Gasteiger partial charge in [0.25, 0.3) is 0 Å². The van der Waals surface area contributed by atoms with E-state index in [9.17, 15) is 0 Å². The highest BCUT2D eigenvalue weighted by molar-refractivity contribution is 5.17. The molecule has 0 aliphatic carbocycles. The Kier molecular flexibility index (Phi) is 5.16. The fourth-order valence-corrected chi connectivity index (χ4v) is 2.17.